The van der Waals surface area contributed by atoms with Crippen LogP contribution in [0.5, 0.6) is 0 Å². The van der Waals surface area contributed by atoms with Gasteiger partial charge in [-0.25, -0.2) is 9.50 Å². The molecule has 4 rings (SSSR count). The fourth-order valence-electron chi connectivity index (χ4n) is 3.23. The zero-order chi connectivity index (χ0) is 18.3. The Bertz CT molecular complexity index is 1130. The average molecular weight is 345 g/mol. The summed E-state index contributed by atoms with van der Waals surface area (Å²) < 4.78 is 1.59. The molecule has 2 aromatic heterocycles. The lowest BCUT2D eigenvalue weighted by atomic mass is 10.00. The van der Waals surface area contributed by atoms with Crippen molar-refractivity contribution in [1.29, 1.82) is 0 Å². The first-order valence-corrected chi connectivity index (χ1v) is 8.52. The fourth-order valence-corrected chi connectivity index (χ4v) is 3.23. The molecule has 0 saturated heterocycles. The van der Waals surface area contributed by atoms with E-state index in [-0.39, 0.29) is 17.8 Å². The second-order valence-electron chi connectivity index (χ2n) is 6.45. The number of aromatic nitrogens is 4. The van der Waals surface area contributed by atoms with E-state index in [0.29, 0.717) is 5.78 Å². The predicted octanol–water partition coefficient (Wildman–Crippen LogP) is 3.39. The van der Waals surface area contributed by atoms with Gasteiger partial charge in [-0.3, -0.25) is 4.79 Å². The van der Waals surface area contributed by atoms with Crippen LogP contribution < -0.4 is 5.32 Å². The zero-order valence-corrected chi connectivity index (χ0v) is 14.9. The summed E-state index contributed by atoms with van der Waals surface area (Å²) in [4.78, 5) is 21.3. The summed E-state index contributed by atoms with van der Waals surface area (Å²) in [6.45, 7) is 5.77. The van der Waals surface area contributed by atoms with Gasteiger partial charge in [-0.1, -0.05) is 42.5 Å². The molecule has 2 aromatic carbocycles. The van der Waals surface area contributed by atoms with Crippen LogP contribution in [0.4, 0.5) is 0 Å². The van der Waals surface area contributed by atoms with Gasteiger partial charge < -0.3 is 5.32 Å². The number of hydrogen-bond donors (Lipinski definition) is 1. The minimum Gasteiger partial charge on any atom is -0.343 e. The summed E-state index contributed by atoms with van der Waals surface area (Å²) in [5, 5.41) is 9.56. The van der Waals surface area contributed by atoms with Gasteiger partial charge in [-0.15, -0.1) is 5.10 Å². The van der Waals surface area contributed by atoms with Gasteiger partial charge in [0.15, 0.2) is 0 Å². The minimum atomic E-state index is -0.312. The molecule has 2 heterocycles. The Hall–Kier alpha value is -3.28. The number of hydrogen-bond acceptors (Lipinski definition) is 4. The first-order chi connectivity index (χ1) is 12.5. The summed E-state index contributed by atoms with van der Waals surface area (Å²) in [5.41, 5.74) is 2.80. The smallest absolute Gasteiger partial charge is 0.291 e. The number of nitrogens with zero attached hydrogens (tertiary/aromatic N) is 4. The summed E-state index contributed by atoms with van der Waals surface area (Å²) in [5.74, 6) is 0.247. The SMILES string of the molecule is Cc1cc(C)n2nc(C(=O)N[C@@H](C)c3cccc4ccccc34)nc2n1. The maximum Gasteiger partial charge on any atom is 0.291 e. The van der Waals surface area contributed by atoms with Gasteiger partial charge in [0.1, 0.15) is 0 Å². The van der Waals surface area contributed by atoms with Crippen LogP contribution in [-0.2, 0) is 0 Å². The Morgan fingerprint density at radius 3 is 2.69 bits per heavy atom. The molecule has 0 aliphatic carbocycles. The van der Waals surface area contributed by atoms with Crippen molar-refractivity contribution in [3.05, 3.63) is 71.3 Å². The standard InChI is InChI=1S/C20H19N5O/c1-12-11-13(2)25-20(21-12)23-18(24-25)19(26)22-14(3)16-10-6-8-15-7-4-5-9-17(15)16/h4-11,14H,1-3H3,(H,22,26)/t14-/m0/s1. The normalized spacial score (nSPS) is 12.4. The molecule has 0 bridgehead atoms. The van der Waals surface area contributed by atoms with E-state index < -0.39 is 0 Å². The molecule has 0 saturated carbocycles. The Balaban J connectivity index is 1.64. The molecule has 6 heteroatoms. The number of fused-ring (bicyclic) bond motifs is 2. The Morgan fingerprint density at radius 2 is 1.85 bits per heavy atom. The predicted molar refractivity (Wildman–Crippen MR) is 100 cm³/mol. The van der Waals surface area contributed by atoms with Crippen LogP contribution in [0.15, 0.2) is 48.5 Å². The van der Waals surface area contributed by atoms with Crippen molar-refractivity contribution in [1.82, 2.24) is 24.9 Å². The Labute approximate surface area is 150 Å². The molecular weight excluding hydrogens is 326 g/mol. The zero-order valence-electron chi connectivity index (χ0n) is 14.9. The van der Waals surface area contributed by atoms with Crippen LogP contribution in [0.25, 0.3) is 16.6 Å². The van der Waals surface area contributed by atoms with Crippen LogP contribution in [0.3, 0.4) is 0 Å². The molecule has 0 spiro atoms. The highest BCUT2D eigenvalue weighted by molar-refractivity contribution is 5.92. The molecule has 1 amide bonds. The Morgan fingerprint density at radius 1 is 1.08 bits per heavy atom. The number of benzene rings is 2. The summed E-state index contributed by atoms with van der Waals surface area (Å²) in [6, 6.07) is 16.0. The molecule has 1 atom stereocenters. The molecule has 1 N–H and O–H groups in total. The lowest BCUT2D eigenvalue weighted by molar-refractivity contribution is 0.0930. The number of amides is 1. The maximum absolute atomic E-state index is 12.7. The number of carbonyl (C=O) groups excluding carboxylic acids is 1. The monoisotopic (exact) mass is 345 g/mol. The van der Waals surface area contributed by atoms with E-state index in [1.54, 1.807) is 4.52 Å². The lowest BCUT2D eigenvalue weighted by Gasteiger charge is -2.15. The molecule has 0 aliphatic heterocycles. The van der Waals surface area contributed by atoms with Gasteiger partial charge in [-0.05, 0) is 43.2 Å². The van der Waals surface area contributed by atoms with Crippen LogP contribution in [0, 0.1) is 13.8 Å². The van der Waals surface area contributed by atoms with Crippen molar-refractivity contribution < 1.29 is 4.79 Å². The molecule has 0 fully saturated rings. The third-order valence-corrected chi connectivity index (χ3v) is 4.46. The van der Waals surface area contributed by atoms with Gasteiger partial charge in [0.05, 0.1) is 6.04 Å². The third kappa shape index (κ3) is 2.79. The molecule has 0 radical (unpaired) electrons. The molecular formula is C20H19N5O. The van der Waals surface area contributed by atoms with Crippen molar-refractivity contribution in [2.24, 2.45) is 0 Å². The first-order valence-electron chi connectivity index (χ1n) is 8.52. The molecule has 0 aliphatic rings. The summed E-state index contributed by atoms with van der Waals surface area (Å²) in [7, 11) is 0. The topological polar surface area (TPSA) is 72.2 Å². The summed E-state index contributed by atoms with van der Waals surface area (Å²) >= 11 is 0. The minimum absolute atomic E-state index is 0.123. The van der Waals surface area contributed by atoms with E-state index >= 15 is 0 Å². The van der Waals surface area contributed by atoms with E-state index in [9.17, 15) is 4.79 Å². The van der Waals surface area contributed by atoms with E-state index in [0.717, 1.165) is 27.7 Å². The largest absolute Gasteiger partial charge is 0.343 e. The highest BCUT2D eigenvalue weighted by Crippen LogP contribution is 2.24. The van der Waals surface area contributed by atoms with Gasteiger partial charge in [0, 0.05) is 11.4 Å². The number of rotatable bonds is 3. The first kappa shape index (κ1) is 16.2. The summed E-state index contributed by atoms with van der Waals surface area (Å²) in [6.07, 6.45) is 0. The van der Waals surface area contributed by atoms with E-state index in [1.807, 2.05) is 51.1 Å². The van der Waals surface area contributed by atoms with Gasteiger partial charge >= 0.3 is 0 Å². The average Bonchev–Trinajstić information content (AvgIpc) is 3.05. The molecule has 6 nitrogen and oxygen atoms in total. The van der Waals surface area contributed by atoms with Crippen molar-refractivity contribution in [3.63, 3.8) is 0 Å². The van der Waals surface area contributed by atoms with Gasteiger partial charge in [0.2, 0.25) is 5.82 Å². The third-order valence-electron chi connectivity index (χ3n) is 4.46. The highest BCUT2D eigenvalue weighted by atomic mass is 16.2. The lowest BCUT2D eigenvalue weighted by Crippen LogP contribution is -2.27. The number of aryl methyl sites for hydroxylation is 2. The second kappa shape index (κ2) is 6.22. The van der Waals surface area contributed by atoms with Crippen molar-refractivity contribution >= 4 is 22.5 Å². The highest BCUT2D eigenvalue weighted by Gasteiger charge is 2.18. The number of carbonyl (C=O) groups is 1. The van der Waals surface area contributed by atoms with Crippen molar-refractivity contribution in [2.45, 2.75) is 26.8 Å². The van der Waals surface area contributed by atoms with E-state index in [2.05, 4.69) is 38.6 Å². The number of nitrogens with one attached hydrogen (secondary N) is 1. The fraction of sp³-hybridized carbons (Fsp3) is 0.200. The van der Waals surface area contributed by atoms with Crippen LogP contribution in [0.2, 0.25) is 0 Å². The van der Waals surface area contributed by atoms with Crippen LogP contribution in [-0.4, -0.2) is 25.5 Å². The second-order valence-corrected chi connectivity index (χ2v) is 6.45. The molecule has 26 heavy (non-hydrogen) atoms. The maximum atomic E-state index is 12.7. The molecule has 130 valence electrons. The van der Waals surface area contributed by atoms with Crippen molar-refractivity contribution in [2.75, 3.05) is 0 Å². The van der Waals surface area contributed by atoms with Crippen LogP contribution >= 0.6 is 0 Å². The quantitative estimate of drug-likeness (QED) is 0.618. The van der Waals surface area contributed by atoms with Crippen LogP contribution in [0.1, 0.15) is 40.5 Å². The van der Waals surface area contributed by atoms with E-state index in [4.69, 9.17) is 0 Å². The molecule has 0 unspecified atom stereocenters. The van der Waals surface area contributed by atoms with Gasteiger partial charge in [-0.2, -0.15) is 4.98 Å². The van der Waals surface area contributed by atoms with Gasteiger partial charge in [0.25, 0.3) is 11.7 Å². The molecule has 4 aromatic rings. The van der Waals surface area contributed by atoms with E-state index in [1.165, 1.54) is 0 Å². The Kier molecular flexibility index (Phi) is 3.88. The van der Waals surface area contributed by atoms with Crippen molar-refractivity contribution in [3.8, 4) is 0 Å².